The molecule has 0 atom stereocenters. The van der Waals surface area contributed by atoms with Gasteiger partial charge in [0.2, 0.25) is 0 Å². The first kappa shape index (κ1) is 11.9. The van der Waals surface area contributed by atoms with Crippen molar-refractivity contribution in [3.63, 3.8) is 0 Å². The van der Waals surface area contributed by atoms with Crippen LogP contribution in [-0.4, -0.2) is 11.2 Å². The SMILES string of the molecule is CC(C)c1ccc(CN2C=CCCC=N2)cc1. The lowest BCUT2D eigenvalue weighted by Crippen LogP contribution is -2.08. The van der Waals surface area contributed by atoms with E-state index < -0.39 is 0 Å². The molecule has 0 unspecified atom stereocenters. The van der Waals surface area contributed by atoms with Gasteiger partial charge in [-0.2, -0.15) is 5.10 Å². The Morgan fingerprint density at radius 3 is 2.65 bits per heavy atom. The molecule has 2 rings (SSSR count). The number of hydrogen-bond donors (Lipinski definition) is 0. The van der Waals surface area contributed by atoms with Crippen molar-refractivity contribution in [2.24, 2.45) is 5.10 Å². The molecule has 1 aliphatic rings. The lowest BCUT2D eigenvalue weighted by Gasteiger charge is -2.14. The minimum absolute atomic E-state index is 0.597. The molecule has 0 fully saturated rings. The second kappa shape index (κ2) is 5.67. The number of hydrogen-bond acceptors (Lipinski definition) is 2. The average molecular weight is 228 g/mol. The lowest BCUT2D eigenvalue weighted by atomic mass is 10.0. The van der Waals surface area contributed by atoms with Crippen LogP contribution in [0.5, 0.6) is 0 Å². The molecule has 90 valence electrons. The predicted molar refractivity (Wildman–Crippen MR) is 72.9 cm³/mol. The maximum atomic E-state index is 4.40. The van der Waals surface area contributed by atoms with Crippen LogP contribution in [0.2, 0.25) is 0 Å². The molecule has 0 radical (unpaired) electrons. The Morgan fingerprint density at radius 2 is 1.94 bits per heavy atom. The maximum Gasteiger partial charge on any atom is 0.0659 e. The van der Waals surface area contributed by atoms with Gasteiger partial charge in [-0.1, -0.05) is 44.2 Å². The van der Waals surface area contributed by atoms with Crippen LogP contribution < -0.4 is 0 Å². The quantitative estimate of drug-likeness (QED) is 0.766. The highest BCUT2D eigenvalue weighted by Crippen LogP contribution is 2.16. The minimum Gasteiger partial charge on any atom is -0.269 e. The molecule has 0 N–H and O–H groups in total. The standard InChI is InChI=1S/C15H20N2/c1-13(2)15-8-6-14(7-9-15)12-17-11-5-3-4-10-16-17/h5-11,13H,3-4,12H2,1-2H3. The van der Waals surface area contributed by atoms with E-state index in [-0.39, 0.29) is 0 Å². The fourth-order valence-electron chi connectivity index (χ4n) is 1.86. The van der Waals surface area contributed by atoms with E-state index in [1.54, 1.807) is 0 Å². The summed E-state index contributed by atoms with van der Waals surface area (Å²) in [5.41, 5.74) is 2.70. The Bertz CT molecular complexity index is 387. The van der Waals surface area contributed by atoms with Crippen LogP contribution in [-0.2, 0) is 6.54 Å². The molecule has 17 heavy (non-hydrogen) atoms. The van der Waals surface area contributed by atoms with Crippen molar-refractivity contribution < 1.29 is 0 Å². The largest absolute Gasteiger partial charge is 0.269 e. The lowest BCUT2D eigenvalue weighted by molar-refractivity contribution is 0.394. The number of rotatable bonds is 3. The highest BCUT2D eigenvalue weighted by Gasteiger charge is 2.02. The topological polar surface area (TPSA) is 15.6 Å². The van der Waals surface area contributed by atoms with E-state index in [0.717, 1.165) is 19.4 Å². The predicted octanol–water partition coefficient (Wildman–Crippen LogP) is 3.91. The molecule has 0 saturated carbocycles. The highest BCUT2D eigenvalue weighted by atomic mass is 15.4. The van der Waals surface area contributed by atoms with Gasteiger partial charge in [0.15, 0.2) is 0 Å². The van der Waals surface area contributed by atoms with E-state index in [1.165, 1.54) is 11.1 Å². The van der Waals surface area contributed by atoms with Crippen molar-refractivity contribution in [1.82, 2.24) is 5.01 Å². The summed E-state index contributed by atoms with van der Waals surface area (Å²) in [6, 6.07) is 8.82. The van der Waals surface area contributed by atoms with Crippen molar-refractivity contribution in [2.75, 3.05) is 0 Å². The van der Waals surface area contributed by atoms with E-state index in [1.807, 2.05) is 11.2 Å². The summed E-state index contributed by atoms with van der Waals surface area (Å²) in [6.45, 7) is 5.29. The Kier molecular flexibility index (Phi) is 3.97. The molecule has 1 aromatic carbocycles. The average Bonchev–Trinajstić information content (AvgIpc) is 2.58. The zero-order chi connectivity index (χ0) is 12.1. The summed E-state index contributed by atoms with van der Waals surface area (Å²) in [7, 11) is 0. The van der Waals surface area contributed by atoms with E-state index in [0.29, 0.717) is 5.92 Å². The Morgan fingerprint density at radius 1 is 1.18 bits per heavy atom. The number of hydrazone groups is 1. The molecule has 0 aliphatic carbocycles. The third-order valence-electron chi connectivity index (χ3n) is 2.96. The van der Waals surface area contributed by atoms with Gasteiger partial charge in [-0.3, -0.25) is 5.01 Å². The summed E-state index contributed by atoms with van der Waals surface area (Å²) in [4.78, 5) is 0. The molecule has 2 nitrogen and oxygen atoms in total. The molecule has 0 amide bonds. The van der Waals surface area contributed by atoms with Crippen LogP contribution in [0.4, 0.5) is 0 Å². The van der Waals surface area contributed by atoms with E-state index in [2.05, 4.69) is 55.5 Å². The first-order chi connectivity index (χ1) is 8.25. The molecule has 1 aromatic rings. The Hall–Kier alpha value is -1.57. The Balaban J connectivity index is 2.03. The van der Waals surface area contributed by atoms with Gasteiger partial charge in [-0.15, -0.1) is 0 Å². The summed E-state index contributed by atoms with van der Waals surface area (Å²) in [5.74, 6) is 0.597. The smallest absolute Gasteiger partial charge is 0.0659 e. The zero-order valence-electron chi connectivity index (χ0n) is 10.6. The van der Waals surface area contributed by atoms with Crippen molar-refractivity contribution in [2.45, 2.75) is 39.2 Å². The van der Waals surface area contributed by atoms with Crippen LogP contribution in [0.3, 0.4) is 0 Å². The molecule has 2 heteroatoms. The van der Waals surface area contributed by atoms with E-state index >= 15 is 0 Å². The third kappa shape index (κ3) is 3.45. The summed E-state index contributed by atoms with van der Waals surface area (Å²) >= 11 is 0. The summed E-state index contributed by atoms with van der Waals surface area (Å²) in [6.07, 6.45) is 8.36. The second-order valence-corrected chi connectivity index (χ2v) is 4.75. The fourth-order valence-corrected chi connectivity index (χ4v) is 1.86. The van der Waals surface area contributed by atoms with Gasteiger partial charge in [0, 0.05) is 12.4 Å². The maximum absolute atomic E-state index is 4.40. The number of benzene rings is 1. The summed E-state index contributed by atoms with van der Waals surface area (Å²) < 4.78 is 0. The molecule has 1 heterocycles. The monoisotopic (exact) mass is 228 g/mol. The molecular formula is C15H20N2. The van der Waals surface area contributed by atoms with Crippen molar-refractivity contribution >= 4 is 6.21 Å². The zero-order valence-corrected chi connectivity index (χ0v) is 10.6. The molecule has 0 spiro atoms. The molecule has 1 aliphatic heterocycles. The fraction of sp³-hybridized carbons (Fsp3) is 0.400. The van der Waals surface area contributed by atoms with Gasteiger partial charge in [0.05, 0.1) is 6.54 Å². The number of nitrogens with zero attached hydrogens (tertiary/aromatic N) is 2. The summed E-state index contributed by atoms with van der Waals surface area (Å²) in [5, 5.41) is 6.39. The minimum atomic E-state index is 0.597. The van der Waals surface area contributed by atoms with Gasteiger partial charge >= 0.3 is 0 Å². The first-order valence-electron chi connectivity index (χ1n) is 6.30. The van der Waals surface area contributed by atoms with Crippen LogP contribution in [0.15, 0.2) is 41.6 Å². The van der Waals surface area contributed by atoms with Crippen LogP contribution in [0, 0.1) is 0 Å². The molecule has 0 aromatic heterocycles. The third-order valence-corrected chi connectivity index (χ3v) is 2.96. The Labute approximate surface area is 104 Å². The van der Waals surface area contributed by atoms with Crippen LogP contribution in [0.25, 0.3) is 0 Å². The van der Waals surface area contributed by atoms with E-state index in [4.69, 9.17) is 0 Å². The van der Waals surface area contributed by atoms with E-state index in [9.17, 15) is 0 Å². The van der Waals surface area contributed by atoms with Gasteiger partial charge in [-0.05, 0) is 29.9 Å². The number of allylic oxidation sites excluding steroid dienone is 1. The first-order valence-corrected chi connectivity index (χ1v) is 6.30. The molecule has 0 bridgehead atoms. The van der Waals surface area contributed by atoms with Gasteiger partial charge in [-0.25, -0.2) is 0 Å². The van der Waals surface area contributed by atoms with Crippen molar-refractivity contribution in [1.29, 1.82) is 0 Å². The van der Waals surface area contributed by atoms with Crippen LogP contribution >= 0.6 is 0 Å². The van der Waals surface area contributed by atoms with Gasteiger partial charge in [0.25, 0.3) is 0 Å². The van der Waals surface area contributed by atoms with Gasteiger partial charge in [0.1, 0.15) is 0 Å². The second-order valence-electron chi connectivity index (χ2n) is 4.75. The molecular weight excluding hydrogens is 208 g/mol. The van der Waals surface area contributed by atoms with Gasteiger partial charge < -0.3 is 0 Å². The van der Waals surface area contributed by atoms with Crippen molar-refractivity contribution in [3.05, 3.63) is 47.7 Å². The molecule has 0 saturated heterocycles. The normalized spacial score (nSPS) is 15.4. The van der Waals surface area contributed by atoms with Crippen molar-refractivity contribution in [3.8, 4) is 0 Å². The highest BCUT2D eigenvalue weighted by molar-refractivity contribution is 5.57. The van der Waals surface area contributed by atoms with Crippen LogP contribution in [0.1, 0.15) is 43.7 Å².